The lowest BCUT2D eigenvalue weighted by atomic mass is 9.93. The number of ether oxygens (including phenoxy) is 2. The minimum atomic E-state index is -0.844. The van der Waals surface area contributed by atoms with Crippen LogP contribution in [-0.2, 0) is 24.5 Å². The Balaban J connectivity index is 2.28. The first-order valence-corrected chi connectivity index (χ1v) is 6.56. The van der Waals surface area contributed by atoms with E-state index < -0.39 is 11.3 Å². The average Bonchev–Trinajstić information content (AvgIpc) is 3.17. The van der Waals surface area contributed by atoms with Gasteiger partial charge in [-0.2, -0.15) is 0 Å². The van der Waals surface area contributed by atoms with E-state index in [0.29, 0.717) is 19.6 Å². The first-order valence-electron chi connectivity index (χ1n) is 6.56. The van der Waals surface area contributed by atoms with E-state index in [2.05, 4.69) is 0 Å². The summed E-state index contributed by atoms with van der Waals surface area (Å²) in [4.78, 5) is 24.1. The molecule has 0 radical (unpaired) electrons. The molecule has 1 aromatic carbocycles. The Kier molecular flexibility index (Phi) is 3.88. The second-order valence-corrected chi connectivity index (χ2v) is 4.57. The highest BCUT2D eigenvalue weighted by Gasteiger charge is 2.66. The first-order chi connectivity index (χ1) is 9.16. The van der Waals surface area contributed by atoms with Crippen molar-refractivity contribution in [3.63, 3.8) is 0 Å². The molecule has 2 atom stereocenters. The third kappa shape index (κ3) is 2.35. The van der Waals surface area contributed by atoms with Crippen molar-refractivity contribution in [2.45, 2.75) is 25.7 Å². The standard InChI is InChI=1S/C15H18O4/c1-3-18-13(16)12-10-15(12,14(17)19-4-2)11-8-6-5-7-9-11/h5-9,12H,3-4,10H2,1-2H3/t12-,15+/m1/s1. The minimum Gasteiger partial charge on any atom is -0.466 e. The zero-order valence-corrected chi connectivity index (χ0v) is 11.2. The van der Waals surface area contributed by atoms with E-state index in [-0.39, 0.29) is 11.9 Å². The molecular formula is C15H18O4. The van der Waals surface area contributed by atoms with E-state index >= 15 is 0 Å². The second kappa shape index (κ2) is 5.43. The molecule has 0 spiro atoms. The SMILES string of the molecule is CCOC(=O)[C@H]1C[C@]1(C(=O)OCC)c1ccccc1. The molecule has 1 aliphatic rings. The summed E-state index contributed by atoms with van der Waals surface area (Å²) < 4.78 is 10.2. The molecule has 0 amide bonds. The van der Waals surface area contributed by atoms with Crippen molar-refractivity contribution in [2.75, 3.05) is 13.2 Å². The zero-order valence-electron chi connectivity index (χ0n) is 11.2. The summed E-state index contributed by atoms with van der Waals surface area (Å²) in [5.74, 6) is -1.08. The van der Waals surface area contributed by atoms with Gasteiger partial charge in [0.1, 0.15) is 5.41 Å². The van der Waals surface area contributed by atoms with Crippen LogP contribution in [0.15, 0.2) is 30.3 Å². The van der Waals surface area contributed by atoms with Crippen LogP contribution in [0.3, 0.4) is 0 Å². The van der Waals surface area contributed by atoms with E-state index in [1.54, 1.807) is 13.8 Å². The van der Waals surface area contributed by atoms with Crippen molar-refractivity contribution in [3.05, 3.63) is 35.9 Å². The summed E-state index contributed by atoms with van der Waals surface area (Å²) in [5, 5.41) is 0. The largest absolute Gasteiger partial charge is 0.466 e. The van der Waals surface area contributed by atoms with Gasteiger partial charge in [-0.3, -0.25) is 9.59 Å². The van der Waals surface area contributed by atoms with Gasteiger partial charge in [-0.1, -0.05) is 30.3 Å². The summed E-state index contributed by atoms with van der Waals surface area (Å²) in [5.41, 5.74) is -0.0183. The first kappa shape index (κ1) is 13.6. The van der Waals surface area contributed by atoms with Gasteiger partial charge in [0.25, 0.3) is 0 Å². The number of benzene rings is 1. The van der Waals surface area contributed by atoms with Crippen LogP contribution in [0.2, 0.25) is 0 Å². The maximum absolute atomic E-state index is 12.2. The van der Waals surface area contributed by atoms with Crippen LogP contribution in [0.1, 0.15) is 25.8 Å². The fraction of sp³-hybridized carbons (Fsp3) is 0.467. The van der Waals surface area contributed by atoms with Gasteiger partial charge < -0.3 is 9.47 Å². The van der Waals surface area contributed by atoms with Gasteiger partial charge in [0.15, 0.2) is 0 Å². The Morgan fingerprint density at radius 2 is 1.79 bits per heavy atom. The van der Waals surface area contributed by atoms with Gasteiger partial charge in [0.05, 0.1) is 19.1 Å². The van der Waals surface area contributed by atoms with Crippen LogP contribution in [-0.4, -0.2) is 25.2 Å². The third-order valence-corrected chi connectivity index (χ3v) is 3.46. The Labute approximate surface area is 112 Å². The summed E-state index contributed by atoms with van der Waals surface area (Å²) >= 11 is 0. The van der Waals surface area contributed by atoms with Crippen LogP contribution in [0.25, 0.3) is 0 Å². The average molecular weight is 262 g/mol. The van der Waals surface area contributed by atoms with Gasteiger partial charge in [-0.05, 0) is 25.8 Å². The van der Waals surface area contributed by atoms with Crippen LogP contribution in [0, 0.1) is 5.92 Å². The molecule has 0 N–H and O–H groups in total. The van der Waals surface area contributed by atoms with Crippen molar-refractivity contribution in [1.82, 2.24) is 0 Å². The van der Waals surface area contributed by atoms with Crippen molar-refractivity contribution >= 4 is 11.9 Å². The van der Waals surface area contributed by atoms with E-state index in [4.69, 9.17) is 9.47 Å². The lowest BCUT2D eigenvalue weighted by molar-refractivity contribution is -0.152. The van der Waals surface area contributed by atoms with Crippen LogP contribution >= 0.6 is 0 Å². The quantitative estimate of drug-likeness (QED) is 0.762. The number of hydrogen-bond acceptors (Lipinski definition) is 4. The normalized spacial score (nSPS) is 24.6. The zero-order chi connectivity index (χ0) is 13.9. The Morgan fingerprint density at radius 3 is 2.37 bits per heavy atom. The highest BCUT2D eigenvalue weighted by molar-refractivity contribution is 5.96. The van der Waals surface area contributed by atoms with E-state index in [9.17, 15) is 9.59 Å². The molecule has 1 fully saturated rings. The molecule has 4 heteroatoms. The second-order valence-electron chi connectivity index (χ2n) is 4.57. The Morgan fingerprint density at radius 1 is 1.16 bits per heavy atom. The Bertz CT molecular complexity index is 468. The number of hydrogen-bond donors (Lipinski definition) is 0. The lowest BCUT2D eigenvalue weighted by Crippen LogP contribution is -2.28. The number of carbonyl (C=O) groups is 2. The number of carbonyl (C=O) groups excluding carboxylic acids is 2. The van der Waals surface area contributed by atoms with Gasteiger partial charge in [-0.25, -0.2) is 0 Å². The molecule has 102 valence electrons. The van der Waals surface area contributed by atoms with Crippen LogP contribution < -0.4 is 0 Å². The predicted molar refractivity (Wildman–Crippen MR) is 69.5 cm³/mol. The van der Waals surface area contributed by atoms with Crippen LogP contribution in [0.4, 0.5) is 0 Å². The molecule has 0 unspecified atom stereocenters. The fourth-order valence-electron chi connectivity index (χ4n) is 2.45. The summed E-state index contributed by atoms with van der Waals surface area (Å²) in [6.07, 6.45) is 0.467. The van der Waals surface area contributed by atoms with Crippen molar-refractivity contribution in [1.29, 1.82) is 0 Å². The summed E-state index contributed by atoms with van der Waals surface area (Å²) in [7, 11) is 0. The van der Waals surface area contributed by atoms with Crippen molar-refractivity contribution < 1.29 is 19.1 Å². The van der Waals surface area contributed by atoms with E-state index in [0.717, 1.165) is 5.56 Å². The number of rotatable bonds is 5. The molecule has 2 rings (SSSR count). The Hall–Kier alpha value is -1.84. The van der Waals surface area contributed by atoms with Gasteiger partial charge in [0.2, 0.25) is 0 Å². The maximum Gasteiger partial charge on any atom is 0.317 e. The molecule has 1 aliphatic carbocycles. The third-order valence-electron chi connectivity index (χ3n) is 3.46. The predicted octanol–water partition coefficient (Wildman–Crippen LogP) is 2.07. The maximum atomic E-state index is 12.2. The number of esters is 2. The van der Waals surface area contributed by atoms with Gasteiger partial charge in [0, 0.05) is 0 Å². The van der Waals surface area contributed by atoms with E-state index in [1.165, 1.54) is 0 Å². The molecule has 1 saturated carbocycles. The van der Waals surface area contributed by atoms with Gasteiger partial charge in [-0.15, -0.1) is 0 Å². The highest BCUT2D eigenvalue weighted by Crippen LogP contribution is 2.55. The summed E-state index contributed by atoms with van der Waals surface area (Å²) in [6.45, 7) is 4.15. The van der Waals surface area contributed by atoms with Crippen LogP contribution in [0.5, 0.6) is 0 Å². The molecule has 19 heavy (non-hydrogen) atoms. The molecule has 0 heterocycles. The van der Waals surface area contributed by atoms with Crippen molar-refractivity contribution in [2.24, 2.45) is 5.92 Å². The fourth-order valence-corrected chi connectivity index (χ4v) is 2.45. The molecule has 1 aromatic rings. The highest BCUT2D eigenvalue weighted by atomic mass is 16.5. The van der Waals surface area contributed by atoms with E-state index in [1.807, 2.05) is 30.3 Å². The molecule has 0 aliphatic heterocycles. The molecule has 0 saturated heterocycles. The van der Waals surface area contributed by atoms with Crippen molar-refractivity contribution in [3.8, 4) is 0 Å². The minimum absolute atomic E-state index is 0.308. The smallest absolute Gasteiger partial charge is 0.317 e. The molecule has 0 aromatic heterocycles. The topological polar surface area (TPSA) is 52.6 Å². The lowest BCUT2D eigenvalue weighted by Gasteiger charge is -2.16. The van der Waals surface area contributed by atoms with Gasteiger partial charge >= 0.3 is 11.9 Å². The summed E-state index contributed by atoms with van der Waals surface area (Å²) in [6, 6.07) is 9.31. The molecule has 0 bridgehead atoms. The monoisotopic (exact) mass is 262 g/mol. The molecular weight excluding hydrogens is 244 g/mol. The molecule has 4 nitrogen and oxygen atoms in total.